The van der Waals surface area contributed by atoms with Crippen molar-refractivity contribution >= 4 is 5.91 Å². The first-order valence-corrected chi connectivity index (χ1v) is 6.45. The third-order valence-corrected chi connectivity index (χ3v) is 3.27. The van der Waals surface area contributed by atoms with Gasteiger partial charge < -0.3 is 14.8 Å². The van der Waals surface area contributed by atoms with E-state index >= 15 is 0 Å². The molecule has 0 fully saturated rings. The minimum atomic E-state index is -0.311. The van der Waals surface area contributed by atoms with Crippen molar-refractivity contribution in [1.82, 2.24) is 14.8 Å². The molecule has 1 aromatic rings. The molecule has 106 valence electrons. The Bertz CT molecular complexity index is 484. The van der Waals surface area contributed by atoms with E-state index in [9.17, 15) is 9.59 Å². The van der Waals surface area contributed by atoms with Gasteiger partial charge in [-0.1, -0.05) is 13.8 Å². The highest BCUT2D eigenvalue weighted by Gasteiger charge is 2.18. The first-order chi connectivity index (χ1) is 8.84. The second-order valence-electron chi connectivity index (χ2n) is 5.32. The third kappa shape index (κ3) is 3.92. The summed E-state index contributed by atoms with van der Waals surface area (Å²) < 4.78 is 1.40. The summed E-state index contributed by atoms with van der Waals surface area (Å²) in [5.74, 6) is 0.114. The van der Waals surface area contributed by atoms with Gasteiger partial charge in [-0.2, -0.15) is 0 Å². The maximum Gasteiger partial charge on any atom is 0.263 e. The quantitative estimate of drug-likeness (QED) is 0.852. The minimum absolute atomic E-state index is 0.186. The van der Waals surface area contributed by atoms with E-state index in [0.717, 1.165) is 0 Å². The summed E-state index contributed by atoms with van der Waals surface area (Å²) in [4.78, 5) is 25.9. The molecule has 0 aliphatic heterocycles. The number of likely N-dealkylation sites (N-methyl/N-ethyl adjacent to an activating group) is 1. The number of nitrogens with one attached hydrogen (secondary N) is 1. The first kappa shape index (κ1) is 15.4. The number of aromatic nitrogens is 1. The highest BCUT2D eigenvalue weighted by Crippen LogP contribution is 2.06. The van der Waals surface area contributed by atoms with E-state index in [1.165, 1.54) is 4.57 Å². The van der Waals surface area contributed by atoms with Crippen molar-refractivity contribution in [2.24, 2.45) is 13.0 Å². The van der Waals surface area contributed by atoms with Crippen molar-refractivity contribution in [3.63, 3.8) is 0 Å². The summed E-state index contributed by atoms with van der Waals surface area (Å²) in [5.41, 5.74) is -0.0859. The second-order valence-corrected chi connectivity index (χ2v) is 5.32. The zero-order chi connectivity index (χ0) is 14.6. The average Bonchev–Trinajstić information content (AvgIpc) is 2.31. The summed E-state index contributed by atoms with van der Waals surface area (Å²) >= 11 is 0. The van der Waals surface area contributed by atoms with Crippen molar-refractivity contribution in [1.29, 1.82) is 0 Å². The Balaban J connectivity index is 2.75. The second kappa shape index (κ2) is 6.52. The average molecular weight is 265 g/mol. The Morgan fingerprint density at radius 3 is 2.58 bits per heavy atom. The van der Waals surface area contributed by atoms with Crippen LogP contribution < -0.4 is 10.9 Å². The Labute approximate surface area is 114 Å². The largest absolute Gasteiger partial charge is 0.350 e. The molecule has 0 aliphatic rings. The molecule has 0 aliphatic carbocycles. The maximum atomic E-state index is 12.0. The van der Waals surface area contributed by atoms with E-state index in [0.29, 0.717) is 12.5 Å². The van der Waals surface area contributed by atoms with Crippen LogP contribution in [0, 0.1) is 5.92 Å². The van der Waals surface area contributed by atoms with Gasteiger partial charge in [-0.15, -0.1) is 0 Å². The molecule has 1 aromatic heterocycles. The van der Waals surface area contributed by atoms with E-state index in [2.05, 4.69) is 24.1 Å². The standard InChI is InChI=1S/C14H23N3O2/c1-10(2)12(16(3)4)9-15-13(18)11-7-6-8-17(5)14(11)19/h6-8,10,12H,9H2,1-5H3,(H,15,18)/t12-/m1/s1. The zero-order valence-electron chi connectivity index (χ0n) is 12.3. The Hall–Kier alpha value is -1.62. The van der Waals surface area contributed by atoms with Crippen molar-refractivity contribution in [3.05, 3.63) is 34.2 Å². The van der Waals surface area contributed by atoms with Crippen LogP contribution in [-0.4, -0.2) is 42.1 Å². The van der Waals surface area contributed by atoms with Crippen molar-refractivity contribution < 1.29 is 4.79 Å². The fourth-order valence-electron chi connectivity index (χ4n) is 2.08. The summed E-state index contributed by atoms with van der Waals surface area (Å²) in [6, 6.07) is 3.50. The van der Waals surface area contributed by atoms with Crippen LogP contribution >= 0.6 is 0 Å². The number of rotatable bonds is 5. The Morgan fingerprint density at radius 1 is 1.42 bits per heavy atom. The van der Waals surface area contributed by atoms with Crippen molar-refractivity contribution in [3.8, 4) is 0 Å². The van der Waals surface area contributed by atoms with E-state index < -0.39 is 0 Å². The molecule has 0 unspecified atom stereocenters. The molecule has 5 nitrogen and oxygen atoms in total. The molecular weight excluding hydrogens is 242 g/mol. The van der Waals surface area contributed by atoms with E-state index in [1.807, 2.05) is 14.1 Å². The van der Waals surface area contributed by atoms with Gasteiger partial charge in [-0.05, 0) is 32.1 Å². The van der Waals surface area contributed by atoms with Crippen LogP contribution in [0.5, 0.6) is 0 Å². The molecule has 1 N–H and O–H groups in total. The highest BCUT2D eigenvalue weighted by atomic mass is 16.2. The smallest absolute Gasteiger partial charge is 0.263 e. The summed E-state index contributed by atoms with van der Waals surface area (Å²) in [6.07, 6.45) is 1.63. The lowest BCUT2D eigenvalue weighted by Gasteiger charge is -2.28. The molecule has 0 radical (unpaired) electrons. The van der Waals surface area contributed by atoms with Gasteiger partial charge in [0, 0.05) is 25.8 Å². The molecule has 0 spiro atoms. The molecule has 0 bridgehead atoms. The van der Waals surface area contributed by atoms with Crippen molar-refractivity contribution in [2.45, 2.75) is 19.9 Å². The van der Waals surface area contributed by atoms with Gasteiger partial charge in [0.15, 0.2) is 0 Å². The minimum Gasteiger partial charge on any atom is -0.350 e. The van der Waals surface area contributed by atoms with Crippen LogP contribution in [0.4, 0.5) is 0 Å². The van der Waals surface area contributed by atoms with Crippen LogP contribution in [0.1, 0.15) is 24.2 Å². The van der Waals surface area contributed by atoms with Crippen LogP contribution in [0.3, 0.4) is 0 Å². The SMILES string of the molecule is CC(C)[C@@H](CNC(=O)c1cccn(C)c1=O)N(C)C. The molecule has 5 heteroatoms. The van der Waals surface area contributed by atoms with E-state index in [1.54, 1.807) is 25.4 Å². The van der Waals surface area contributed by atoms with Crippen LogP contribution in [-0.2, 0) is 7.05 Å². The number of carbonyl (C=O) groups is 1. The fourth-order valence-corrected chi connectivity index (χ4v) is 2.08. The predicted octanol–water partition coefficient (Wildman–Crippen LogP) is 0.701. The molecule has 1 rings (SSSR count). The monoisotopic (exact) mass is 265 g/mol. The number of pyridine rings is 1. The van der Waals surface area contributed by atoms with Gasteiger partial charge in [0.05, 0.1) is 0 Å². The topological polar surface area (TPSA) is 54.3 Å². The summed E-state index contributed by atoms with van der Waals surface area (Å²) in [7, 11) is 5.60. The molecular formula is C14H23N3O2. The lowest BCUT2D eigenvalue weighted by Crippen LogP contribution is -2.44. The highest BCUT2D eigenvalue weighted by molar-refractivity contribution is 5.93. The Morgan fingerprint density at radius 2 is 2.05 bits per heavy atom. The van der Waals surface area contributed by atoms with Gasteiger partial charge in [0.25, 0.3) is 11.5 Å². The normalized spacial score (nSPS) is 12.8. The van der Waals surface area contributed by atoms with Crippen LogP contribution in [0.15, 0.2) is 23.1 Å². The first-order valence-electron chi connectivity index (χ1n) is 6.45. The van der Waals surface area contributed by atoms with E-state index in [4.69, 9.17) is 0 Å². The number of nitrogens with zero attached hydrogens (tertiary/aromatic N) is 2. The summed E-state index contributed by atoms with van der Waals surface area (Å²) in [5, 5.41) is 2.84. The number of aryl methyl sites for hydroxylation is 1. The maximum absolute atomic E-state index is 12.0. The number of carbonyl (C=O) groups excluding carboxylic acids is 1. The van der Waals surface area contributed by atoms with Crippen LogP contribution in [0.2, 0.25) is 0 Å². The number of hydrogen-bond donors (Lipinski definition) is 1. The number of amides is 1. The van der Waals surface area contributed by atoms with Gasteiger partial charge in [-0.25, -0.2) is 0 Å². The molecule has 0 saturated heterocycles. The molecule has 0 saturated carbocycles. The molecule has 0 aromatic carbocycles. The van der Waals surface area contributed by atoms with E-state index in [-0.39, 0.29) is 23.1 Å². The lowest BCUT2D eigenvalue weighted by atomic mass is 10.0. The molecule has 1 heterocycles. The van der Waals surface area contributed by atoms with Crippen LogP contribution in [0.25, 0.3) is 0 Å². The molecule has 1 amide bonds. The molecule has 19 heavy (non-hydrogen) atoms. The molecule has 1 atom stereocenters. The Kier molecular flexibility index (Phi) is 5.30. The zero-order valence-corrected chi connectivity index (χ0v) is 12.3. The lowest BCUT2D eigenvalue weighted by molar-refractivity contribution is 0.0932. The van der Waals surface area contributed by atoms with Crippen molar-refractivity contribution in [2.75, 3.05) is 20.6 Å². The van der Waals surface area contributed by atoms with Gasteiger partial charge >= 0.3 is 0 Å². The van der Waals surface area contributed by atoms with Gasteiger partial charge in [-0.3, -0.25) is 9.59 Å². The predicted molar refractivity (Wildman–Crippen MR) is 76.3 cm³/mol. The van der Waals surface area contributed by atoms with Gasteiger partial charge in [0.2, 0.25) is 0 Å². The van der Waals surface area contributed by atoms with Gasteiger partial charge in [0.1, 0.15) is 5.56 Å². The third-order valence-electron chi connectivity index (χ3n) is 3.27. The number of hydrogen-bond acceptors (Lipinski definition) is 3. The fraction of sp³-hybridized carbons (Fsp3) is 0.571. The summed E-state index contributed by atoms with van der Waals surface area (Å²) in [6.45, 7) is 4.75.